The van der Waals surface area contributed by atoms with E-state index in [1.54, 1.807) is 19.5 Å². The second-order valence-corrected chi connectivity index (χ2v) is 4.54. The van der Waals surface area contributed by atoms with Gasteiger partial charge in [-0.1, -0.05) is 17.7 Å². The molecule has 0 spiro atoms. The molecule has 100 valence electrons. The summed E-state index contributed by atoms with van der Waals surface area (Å²) in [4.78, 5) is 0. The van der Waals surface area contributed by atoms with Crippen molar-refractivity contribution in [1.82, 2.24) is 15.5 Å². The lowest BCUT2D eigenvalue weighted by Gasteiger charge is -2.18. The lowest BCUT2D eigenvalue weighted by atomic mass is 9.98. The minimum atomic E-state index is 0.200. The van der Waals surface area contributed by atoms with Crippen molar-refractivity contribution in [2.45, 2.75) is 19.4 Å². The van der Waals surface area contributed by atoms with Crippen LogP contribution < -0.4 is 10.1 Å². The highest BCUT2D eigenvalue weighted by atomic mass is 16.5. The number of ether oxygens (including phenoxy) is 1. The first-order valence-corrected chi connectivity index (χ1v) is 6.32. The summed E-state index contributed by atoms with van der Waals surface area (Å²) < 4.78 is 5.43. The van der Waals surface area contributed by atoms with Gasteiger partial charge in [0.15, 0.2) is 0 Å². The molecular weight excluding hydrogens is 238 g/mol. The van der Waals surface area contributed by atoms with Crippen LogP contribution in [-0.4, -0.2) is 24.4 Å². The van der Waals surface area contributed by atoms with Gasteiger partial charge in [0.05, 0.1) is 13.3 Å². The minimum Gasteiger partial charge on any atom is -0.496 e. The molecule has 0 aliphatic heterocycles. The molecular formula is C15H19N3O. The highest BCUT2D eigenvalue weighted by molar-refractivity contribution is 5.38. The van der Waals surface area contributed by atoms with E-state index in [9.17, 15) is 0 Å². The van der Waals surface area contributed by atoms with E-state index in [0.29, 0.717) is 0 Å². The predicted molar refractivity (Wildman–Crippen MR) is 75.3 cm³/mol. The van der Waals surface area contributed by atoms with Crippen LogP contribution in [0.2, 0.25) is 0 Å². The maximum atomic E-state index is 5.43. The lowest BCUT2D eigenvalue weighted by molar-refractivity contribution is 0.406. The molecule has 1 aromatic carbocycles. The molecule has 1 N–H and O–H groups in total. The molecule has 0 amide bonds. The Balaban J connectivity index is 2.26. The van der Waals surface area contributed by atoms with E-state index in [0.717, 1.165) is 17.7 Å². The number of methoxy groups -OCH3 is 1. The number of hydrogen-bond donors (Lipinski definition) is 1. The second kappa shape index (κ2) is 6.29. The first kappa shape index (κ1) is 13.5. The van der Waals surface area contributed by atoms with Gasteiger partial charge in [0.1, 0.15) is 5.75 Å². The minimum absolute atomic E-state index is 0.200. The SMILES string of the molecule is CNC(Cc1cc(C)ccc1OC)c1ccnnc1. The van der Waals surface area contributed by atoms with Crippen LogP contribution in [0.15, 0.2) is 36.7 Å². The van der Waals surface area contributed by atoms with Gasteiger partial charge in [-0.3, -0.25) is 0 Å². The van der Waals surface area contributed by atoms with Gasteiger partial charge in [-0.15, -0.1) is 0 Å². The Morgan fingerprint density at radius 3 is 2.74 bits per heavy atom. The third-order valence-electron chi connectivity index (χ3n) is 3.22. The Hall–Kier alpha value is -1.94. The molecule has 4 heteroatoms. The quantitative estimate of drug-likeness (QED) is 0.892. The van der Waals surface area contributed by atoms with E-state index in [2.05, 4.69) is 34.6 Å². The van der Waals surface area contributed by atoms with Crippen LogP contribution in [0.4, 0.5) is 0 Å². The summed E-state index contributed by atoms with van der Waals surface area (Å²) in [6.07, 6.45) is 4.36. The van der Waals surface area contributed by atoms with E-state index in [1.807, 2.05) is 19.2 Å². The third-order valence-corrected chi connectivity index (χ3v) is 3.22. The summed E-state index contributed by atoms with van der Waals surface area (Å²) in [5.74, 6) is 0.924. The molecule has 1 unspecified atom stereocenters. The van der Waals surface area contributed by atoms with Crippen LogP contribution in [0, 0.1) is 6.92 Å². The van der Waals surface area contributed by atoms with Crippen molar-refractivity contribution in [3.05, 3.63) is 53.3 Å². The Bertz CT molecular complexity index is 528. The van der Waals surface area contributed by atoms with Gasteiger partial charge in [-0.25, -0.2) is 0 Å². The summed E-state index contributed by atoms with van der Waals surface area (Å²) in [7, 11) is 3.66. The number of nitrogens with one attached hydrogen (secondary N) is 1. The fourth-order valence-electron chi connectivity index (χ4n) is 2.18. The van der Waals surface area contributed by atoms with Crippen LogP contribution in [0.5, 0.6) is 5.75 Å². The van der Waals surface area contributed by atoms with E-state index in [1.165, 1.54) is 11.1 Å². The number of aryl methyl sites for hydroxylation is 1. The van der Waals surface area contributed by atoms with Gasteiger partial charge >= 0.3 is 0 Å². The first-order chi connectivity index (χ1) is 9.24. The molecule has 0 saturated heterocycles. The fourth-order valence-corrected chi connectivity index (χ4v) is 2.18. The molecule has 0 saturated carbocycles. The largest absolute Gasteiger partial charge is 0.496 e. The van der Waals surface area contributed by atoms with Crippen molar-refractivity contribution in [3.63, 3.8) is 0 Å². The maximum absolute atomic E-state index is 5.43. The van der Waals surface area contributed by atoms with E-state index in [-0.39, 0.29) is 6.04 Å². The topological polar surface area (TPSA) is 47.0 Å². The second-order valence-electron chi connectivity index (χ2n) is 4.54. The van der Waals surface area contributed by atoms with E-state index >= 15 is 0 Å². The van der Waals surface area contributed by atoms with Gasteiger partial charge in [0.25, 0.3) is 0 Å². The normalized spacial score (nSPS) is 12.2. The van der Waals surface area contributed by atoms with Gasteiger partial charge < -0.3 is 10.1 Å². The molecule has 0 bridgehead atoms. The van der Waals surface area contributed by atoms with Crippen LogP contribution in [0.3, 0.4) is 0 Å². The van der Waals surface area contributed by atoms with Gasteiger partial charge in [0, 0.05) is 12.2 Å². The van der Waals surface area contributed by atoms with Crippen LogP contribution in [0.25, 0.3) is 0 Å². The van der Waals surface area contributed by atoms with Gasteiger partial charge in [0.2, 0.25) is 0 Å². The fraction of sp³-hybridized carbons (Fsp3) is 0.333. The van der Waals surface area contributed by atoms with Crippen LogP contribution >= 0.6 is 0 Å². The number of aromatic nitrogens is 2. The number of hydrogen-bond acceptors (Lipinski definition) is 4. The Morgan fingerprint density at radius 1 is 1.26 bits per heavy atom. The smallest absolute Gasteiger partial charge is 0.122 e. The average Bonchev–Trinajstić information content (AvgIpc) is 2.46. The molecule has 2 aromatic rings. The van der Waals surface area contributed by atoms with Gasteiger partial charge in [-0.2, -0.15) is 10.2 Å². The van der Waals surface area contributed by atoms with E-state index < -0.39 is 0 Å². The first-order valence-electron chi connectivity index (χ1n) is 6.32. The van der Waals surface area contributed by atoms with Crippen molar-refractivity contribution >= 4 is 0 Å². The summed E-state index contributed by atoms with van der Waals surface area (Å²) in [5.41, 5.74) is 3.55. The summed E-state index contributed by atoms with van der Waals surface area (Å²) in [5, 5.41) is 11.1. The summed E-state index contributed by atoms with van der Waals surface area (Å²) in [6.45, 7) is 2.09. The zero-order chi connectivity index (χ0) is 13.7. The standard InChI is InChI=1S/C15H19N3O/c1-11-4-5-15(19-3)13(8-11)9-14(16-2)12-6-7-17-18-10-12/h4-8,10,14,16H,9H2,1-3H3. The highest BCUT2D eigenvalue weighted by Gasteiger charge is 2.13. The van der Waals surface area contributed by atoms with Gasteiger partial charge in [-0.05, 0) is 43.7 Å². The number of rotatable bonds is 5. The van der Waals surface area contributed by atoms with Crippen molar-refractivity contribution in [3.8, 4) is 5.75 Å². The Kier molecular flexibility index (Phi) is 4.47. The average molecular weight is 257 g/mol. The van der Waals surface area contributed by atoms with Crippen LogP contribution in [0.1, 0.15) is 22.7 Å². The monoisotopic (exact) mass is 257 g/mol. The predicted octanol–water partition coefficient (Wildman–Crippen LogP) is 2.30. The highest BCUT2D eigenvalue weighted by Crippen LogP contribution is 2.25. The molecule has 1 aromatic heterocycles. The van der Waals surface area contributed by atoms with E-state index in [4.69, 9.17) is 4.74 Å². The molecule has 0 aliphatic carbocycles. The number of benzene rings is 1. The van der Waals surface area contributed by atoms with Crippen molar-refractivity contribution in [2.24, 2.45) is 0 Å². The van der Waals surface area contributed by atoms with Crippen molar-refractivity contribution in [2.75, 3.05) is 14.2 Å². The molecule has 19 heavy (non-hydrogen) atoms. The summed E-state index contributed by atoms with van der Waals surface area (Å²) in [6, 6.07) is 8.42. The Labute approximate surface area is 113 Å². The summed E-state index contributed by atoms with van der Waals surface area (Å²) >= 11 is 0. The zero-order valence-electron chi connectivity index (χ0n) is 11.6. The maximum Gasteiger partial charge on any atom is 0.122 e. The molecule has 4 nitrogen and oxygen atoms in total. The molecule has 0 radical (unpaired) electrons. The molecule has 1 atom stereocenters. The number of nitrogens with zero attached hydrogens (tertiary/aromatic N) is 2. The molecule has 0 fully saturated rings. The Morgan fingerprint density at radius 2 is 2.11 bits per heavy atom. The lowest BCUT2D eigenvalue weighted by Crippen LogP contribution is -2.19. The molecule has 1 heterocycles. The molecule has 0 aliphatic rings. The third kappa shape index (κ3) is 3.29. The number of likely N-dealkylation sites (N-methyl/N-ethyl adjacent to an activating group) is 1. The van der Waals surface area contributed by atoms with Crippen LogP contribution in [-0.2, 0) is 6.42 Å². The zero-order valence-corrected chi connectivity index (χ0v) is 11.6. The molecule has 2 rings (SSSR count). The van der Waals surface area contributed by atoms with Crippen molar-refractivity contribution < 1.29 is 4.74 Å². The van der Waals surface area contributed by atoms with Crippen molar-refractivity contribution in [1.29, 1.82) is 0 Å².